The molecule has 1 aliphatic rings. The van der Waals surface area contributed by atoms with Gasteiger partial charge < -0.3 is 19.1 Å². The number of carbonyl (C=O) groups excluding carboxylic acids is 2. The second-order valence-electron chi connectivity index (χ2n) is 7.65. The molecule has 0 spiro atoms. The predicted octanol–water partition coefficient (Wildman–Crippen LogP) is 4.30. The molecule has 0 saturated carbocycles. The number of halogens is 1. The second-order valence-corrected chi connectivity index (χ2v) is 9.07. The summed E-state index contributed by atoms with van der Waals surface area (Å²) >= 11 is 7.47. The summed E-state index contributed by atoms with van der Waals surface area (Å²) in [6.07, 6.45) is 0.307. The summed E-state index contributed by atoms with van der Waals surface area (Å²) in [4.78, 5) is 27.2. The van der Waals surface area contributed by atoms with Gasteiger partial charge in [-0.15, -0.1) is 10.2 Å². The molecule has 9 nitrogen and oxygen atoms in total. The van der Waals surface area contributed by atoms with E-state index in [2.05, 4.69) is 15.5 Å². The smallest absolute Gasteiger partial charge is 0.257 e. The van der Waals surface area contributed by atoms with Crippen molar-refractivity contribution in [3.63, 3.8) is 0 Å². The Balaban J connectivity index is 1.48. The molecule has 1 saturated heterocycles. The molecule has 1 fully saturated rings. The van der Waals surface area contributed by atoms with Crippen LogP contribution in [-0.4, -0.2) is 49.9 Å². The van der Waals surface area contributed by atoms with Crippen molar-refractivity contribution in [1.82, 2.24) is 10.2 Å². The largest absolute Gasteiger partial charge is 0.493 e. The molecule has 2 heterocycles. The number of carbonyl (C=O) groups is 2. The molecule has 0 bridgehead atoms. The molecule has 2 amide bonds. The van der Waals surface area contributed by atoms with E-state index in [1.54, 1.807) is 23.1 Å². The van der Waals surface area contributed by atoms with Crippen LogP contribution < -0.4 is 24.4 Å². The highest BCUT2D eigenvalue weighted by Crippen LogP contribution is 2.39. The third-order valence-corrected chi connectivity index (χ3v) is 6.94. The normalized spacial score (nSPS) is 15.4. The third kappa shape index (κ3) is 4.64. The van der Waals surface area contributed by atoms with Crippen LogP contribution in [0.5, 0.6) is 17.2 Å². The molecule has 3 aromatic rings. The van der Waals surface area contributed by atoms with Gasteiger partial charge >= 0.3 is 0 Å². The van der Waals surface area contributed by atoms with E-state index >= 15 is 0 Å². The average molecular weight is 503 g/mol. The maximum absolute atomic E-state index is 12.8. The second kappa shape index (κ2) is 9.86. The molecule has 2 aromatic carbocycles. The lowest BCUT2D eigenvalue weighted by Crippen LogP contribution is -2.24. The Morgan fingerprint density at radius 1 is 1.12 bits per heavy atom. The fraction of sp³-hybridized carbons (Fsp3) is 0.304. The number of methoxy groups -OCH3 is 3. The summed E-state index contributed by atoms with van der Waals surface area (Å²) in [5.74, 6) is 0.585. The number of nitrogens with one attached hydrogen (secondary N) is 1. The molecule has 1 N–H and O–H groups in total. The molecule has 4 rings (SSSR count). The Hall–Kier alpha value is -3.37. The van der Waals surface area contributed by atoms with Gasteiger partial charge in [0.15, 0.2) is 11.5 Å². The lowest BCUT2D eigenvalue weighted by molar-refractivity contribution is -0.117. The van der Waals surface area contributed by atoms with Gasteiger partial charge in [-0.1, -0.05) is 29.0 Å². The van der Waals surface area contributed by atoms with Crippen LogP contribution in [0.4, 0.5) is 10.8 Å². The number of nitrogens with zero attached hydrogens (tertiary/aromatic N) is 3. The molecule has 1 aromatic heterocycles. The topological polar surface area (TPSA) is 103 Å². The van der Waals surface area contributed by atoms with Crippen LogP contribution in [0.25, 0.3) is 0 Å². The van der Waals surface area contributed by atoms with Crippen molar-refractivity contribution in [1.29, 1.82) is 0 Å². The minimum atomic E-state index is -0.402. The Bertz CT molecular complexity index is 1220. The molecule has 11 heteroatoms. The van der Waals surface area contributed by atoms with E-state index in [4.69, 9.17) is 25.8 Å². The highest BCUT2D eigenvalue weighted by Gasteiger charge is 2.34. The minimum Gasteiger partial charge on any atom is -0.493 e. The zero-order chi connectivity index (χ0) is 24.4. The lowest BCUT2D eigenvalue weighted by Gasteiger charge is -2.17. The van der Waals surface area contributed by atoms with E-state index in [0.717, 1.165) is 11.3 Å². The van der Waals surface area contributed by atoms with E-state index in [1.807, 2.05) is 19.1 Å². The standard InChI is InChI=1S/C23H23ClN4O5S/c1-12-5-6-15(10-16(12)24)28-11-14(9-19(28)29)22-26-27-23(34-22)25-21(30)13-7-17(31-2)20(33-4)18(8-13)32-3/h5-8,10,14H,9,11H2,1-4H3,(H,25,27,30). The zero-order valence-corrected chi connectivity index (χ0v) is 20.6. The molecule has 1 aliphatic heterocycles. The van der Waals surface area contributed by atoms with E-state index in [-0.39, 0.29) is 11.8 Å². The first-order valence-corrected chi connectivity index (χ1v) is 11.5. The summed E-state index contributed by atoms with van der Waals surface area (Å²) in [5, 5.41) is 12.7. The molecule has 34 heavy (non-hydrogen) atoms. The van der Waals surface area contributed by atoms with Gasteiger partial charge in [-0.3, -0.25) is 14.9 Å². The SMILES string of the molecule is COc1cc(C(=O)Nc2nnc(C3CC(=O)N(c4ccc(C)c(Cl)c4)C3)s2)cc(OC)c1OC. The zero-order valence-electron chi connectivity index (χ0n) is 19.0. The number of benzene rings is 2. The highest BCUT2D eigenvalue weighted by molar-refractivity contribution is 7.15. The maximum atomic E-state index is 12.8. The van der Waals surface area contributed by atoms with Gasteiger partial charge in [-0.2, -0.15) is 0 Å². The van der Waals surface area contributed by atoms with Gasteiger partial charge in [0.25, 0.3) is 5.91 Å². The van der Waals surface area contributed by atoms with Crippen molar-refractivity contribution in [3.05, 3.63) is 51.5 Å². The summed E-state index contributed by atoms with van der Waals surface area (Å²) in [6.45, 7) is 2.38. The summed E-state index contributed by atoms with van der Waals surface area (Å²) in [7, 11) is 4.45. The van der Waals surface area contributed by atoms with Gasteiger partial charge in [-0.25, -0.2) is 0 Å². The maximum Gasteiger partial charge on any atom is 0.257 e. The third-order valence-electron chi connectivity index (χ3n) is 5.53. The monoisotopic (exact) mass is 502 g/mol. The Morgan fingerprint density at radius 2 is 1.82 bits per heavy atom. The first-order chi connectivity index (χ1) is 16.3. The lowest BCUT2D eigenvalue weighted by atomic mass is 10.1. The van der Waals surface area contributed by atoms with E-state index in [1.165, 1.54) is 32.7 Å². The summed E-state index contributed by atoms with van der Waals surface area (Å²) in [6, 6.07) is 8.67. The predicted molar refractivity (Wildman–Crippen MR) is 130 cm³/mol. The van der Waals surface area contributed by atoms with Crippen LogP contribution in [-0.2, 0) is 4.79 Å². The number of rotatable bonds is 7. The molecular weight excluding hydrogens is 480 g/mol. The number of anilines is 2. The molecular formula is C23H23ClN4O5S. The Morgan fingerprint density at radius 3 is 2.44 bits per heavy atom. The Labute approximate surface area is 205 Å². The van der Waals surface area contributed by atoms with Gasteiger partial charge in [0, 0.05) is 35.2 Å². The fourth-order valence-corrected chi connectivity index (χ4v) is 4.71. The summed E-state index contributed by atoms with van der Waals surface area (Å²) in [5.41, 5.74) is 2.01. The molecule has 178 valence electrons. The Kier molecular flexibility index (Phi) is 6.90. The van der Waals surface area contributed by atoms with E-state index in [9.17, 15) is 9.59 Å². The average Bonchev–Trinajstić information content (AvgIpc) is 3.46. The van der Waals surface area contributed by atoms with Crippen molar-refractivity contribution >= 4 is 45.6 Å². The van der Waals surface area contributed by atoms with Crippen molar-refractivity contribution in [2.24, 2.45) is 0 Å². The number of hydrogen-bond acceptors (Lipinski definition) is 8. The number of ether oxygens (including phenoxy) is 3. The number of aryl methyl sites for hydroxylation is 1. The van der Waals surface area contributed by atoms with Crippen LogP contribution in [0.3, 0.4) is 0 Å². The van der Waals surface area contributed by atoms with Crippen LogP contribution in [0.15, 0.2) is 30.3 Å². The first kappa shape index (κ1) is 23.8. The van der Waals surface area contributed by atoms with Gasteiger partial charge in [0.1, 0.15) is 5.01 Å². The molecule has 1 unspecified atom stereocenters. The van der Waals surface area contributed by atoms with Crippen LogP contribution in [0.2, 0.25) is 5.02 Å². The quantitative estimate of drug-likeness (QED) is 0.513. The number of hydrogen-bond donors (Lipinski definition) is 1. The van der Waals surface area contributed by atoms with Crippen molar-refractivity contribution < 1.29 is 23.8 Å². The first-order valence-electron chi connectivity index (χ1n) is 10.4. The molecule has 0 aliphatic carbocycles. The van der Waals surface area contributed by atoms with Crippen LogP contribution in [0.1, 0.15) is 33.3 Å². The van der Waals surface area contributed by atoms with Crippen molar-refractivity contribution in [3.8, 4) is 17.2 Å². The van der Waals surface area contributed by atoms with Crippen molar-refractivity contribution in [2.75, 3.05) is 38.1 Å². The minimum absolute atomic E-state index is 0.0110. The van der Waals surface area contributed by atoms with Crippen molar-refractivity contribution in [2.45, 2.75) is 19.3 Å². The highest BCUT2D eigenvalue weighted by atomic mass is 35.5. The van der Waals surface area contributed by atoms with E-state index in [0.29, 0.717) is 50.9 Å². The molecule has 1 atom stereocenters. The summed E-state index contributed by atoms with van der Waals surface area (Å²) < 4.78 is 15.9. The van der Waals surface area contributed by atoms with Crippen LogP contribution >= 0.6 is 22.9 Å². The molecule has 0 radical (unpaired) electrons. The fourth-order valence-electron chi connectivity index (χ4n) is 3.70. The van der Waals surface area contributed by atoms with E-state index < -0.39 is 5.91 Å². The van der Waals surface area contributed by atoms with Gasteiger partial charge in [-0.05, 0) is 36.8 Å². The van der Waals surface area contributed by atoms with Gasteiger partial charge in [0.05, 0.1) is 21.3 Å². The number of amides is 2. The number of aromatic nitrogens is 2. The van der Waals surface area contributed by atoms with Crippen LogP contribution in [0, 0.1) is 6.92 Å². The van der Waals surface area contributed by atoms with Gasteiger partial charge in [0.2, 0.25) is 16.8 Å².